The number of benzene rings is 10. The van der Waals surface area contributed by atoms with E-state index in [0.717, 1.165) is 66.1 Å². The van der Waals surface area contributed by atoms with Crippen LogP contribution in [-0.4, -0.2) is 9.13 Å². The van der Waals surface area contributed by atoms with Gasteiger partial charge in [-0.05, 0) is 107 Å². The van der Waals surface area contributed by atoms with Crippen molar-refractivity contribution in [2.24, 2.45) is 0 Å². The highest BCUT2D eigenvalue weighted by Gasteiger charge is 2.34. The van der Waals surface area contributed by atoms with Gasteiger partial charge in [-0.2, -0.15) is 0 Å². The van der Waals surface area contributed by atoms with E-state index in [1.807, 2.05) is 146 Å². The Bertz CT molecular complexity index is 3790. The molecule has 350 valence electrons. The molecular weight excluding hydrogens is 929 g/mol. The molecule has 0 radical (unpaired) electrons. The summed E-state index contributed by atoms with van der Waals surface area (Å²) >= 11 is 0. The summed E-state index contributed by atoms with van der Waals surface area (Å²) in [5.74, 6) is -17.5. The molecule has 4 nitrogen and oxygen atoms in total. The Labute approximate surface area is 405 Å². The summed E-state index contributed by atoms with van der Waals surface area (Å²) < 4.78 is 130. The summed E-state index contributed by atoms with van der Waals surface area (Å²) in [7, 11) is 0. The van der Waals surface area contributed by atoms with Crippen molar-refractivity contribution in [1.29, 1.82) is 0 Å². The van der Waals surface area contributed by atoms with Crippen molar-refractivity contribution in [2.75, 3.05) is 10.6 Å². The summed E-state index contributed by atoms with van der Waals surface area (Å²) in [6, 6.07) is 59.8. The average Bonchev–Trinajstić information content (AvgIpc) is 3.94. The van der Waals surface area contributed by atoms with E-state index in [4.69, 9.17) is 0 Å². The van der Waals surface area contributed by atoms with Crippen molar-refractivity contribution in [1.82, 2.24) is 9.13 Å². The van der Waals surface area contributed by atoms with Gasteiger partial charge < -0.3 is 19.8 Å². The predicted octanol–water partition coefficient (Wildman–Crippen LogP) is 17.5. The molecule has 10 aromatic carbocycles. The van der Waals surface area contributed by atoms with E-state index in [-0.39, 0.29) is 11.4 Å². The average molecular weight is 963 g/mol. The highest BCUT2D eigenvalue weighted by molar-refractivity contribution is 6.11. The van der Waals surface area contributed by atoms with Crippen LogP contribution in [0.5, 0.6) is 0 Å². The third-order valence-electron chi connectivity index (χ3n) is 13.1. The van der Waals surface area contributed by atoms with Crippen molar-refractivity contribution in [2.45, 2.75) is 0 Å². The highest BCUT2D eigenvalue weighted by atomic mass is 19.2. The van der Waals surface area contributed by atoms with Crippen molar-refractivity contribution < 1.29 is 35.1 Å². The molecule has 2 heterocycles. The fourth-order valence-corrected chi connectivity index (χ4v) is 9.72. The molecule has 0 aliphatic rings. The summed E-state index contributed by atoms with van der Waals surface area (Å²) in [6.07, 6.45) is 0. The van der Waals surface area contributed by atoms with E-state index in [1.165, 1.54) is 24.3 Å². The maximum absolute atomic E-state index is 15.8. The monoisotopic (exact) mass is 962 g/mol. The summed E-state index contributed by atoms with van der Waals surface area (Å²) in [6.45, 7) is 0. The van der Waals surface area contributed by atoms with Crippen LogP contribution in [0.15, 0.2) is 194 Å². The van der Waals surface area contributed by atoms with Gasteiger partial charge in [0.05, 0.1) is 33.2 Å². The van der Waals surface area contributed by atoms with Crippen LogP contribution in [0.1, 0.15) is 0 Å². The maximum Gasteiger partial charge on any atom is 0.186 e. The van der Waals surface area contributed by atoms with Gasteiger partial charge in [0.25, 0.3) is 0 Å². The number of nitrogens with zero attached hydrogens (tertiary/aromatic N) is 2. The summed E-state index contributed by atoms with van der Waals surface area (Å²) in [5.41, 5.74) is 2.33. The SMILES string of the molecule is Fc1c(F)c(-c2c(F)c(F)c(Nc3ccc(-c4ccc5c(c4)c4ccccc4n5-c4ccccc4)cc3)c(F)c2F)c(F)c(F)c1Nc1ccc(-c2ccc3c(c2)c2ccccc2n3-c2ccccc2)cc1. The van der Waals surface area contributed by atoms with Gasteiger partial charge in [-0.1, -0.05) is 109 Å². The van der Waals surface area contributed by atoms with Gasteiger partial charge >= 0.3 is 0 Å². The first-order valence-electron chi connectivity index (χ1n) is 22.7. The molecule has 2 aromatic heterocycles. The molecule has 0 aliphatic carbocycles. The molecule has 2 N–H and O–H groups in total. The van der Waals surface area contributed by atoms with Crippen molar-refractivity contribution >= 4 is 66.4 Å². The lowest BCUT2D eigenvalue weighted by molar-refractivity contribution is 0.447. The van der Waals surface area contributed by atoms with E-state index >= 15 is 35.1 Å². The molecule has 0 atom stereocenters. The van der Waals surface area contributed by atoms with E-state index in [0.29, 0.717) is 11.1 Å². The number of hydrogen-bond donors (Lipinski definition) is 2. The maximum atomic E-state index is 15.8. The smallest absolute Gasteiger partial charge is 0.186 e. The van der Waals surface area contributed by atoms with Crippen molar-refractivity contribution in [3.8, 4) is 44.8 Å². The van der Waals surface area contributed by atoms with E-state index in [1.54, 1.807) is 24.3 Å². The van der Waals surface area contributed by atoms with E-state index in [9.17, 15) is 0 Å². The number of para-hydroxylation sites is 4. The van der Waals surface area contributed by atoms with E-state index < -0.39 is 69.0 Å². The molecule has 0 saturated heterocycles. The van der Waals surface area contributed by atoms with Gasteiger partial charge in [-0.3, -0.25) is 0 Å². The first-order valence-corrected chi connectivity index (χ1v) is 22.7. The normalized spacial score (nSPS) is 11.6. The Morgan fingerprint density at radius 2 is 0.569 bits per heavy atom. The third-order valence-corrected chi connectivity index (χ3v) is 13.1. The van der Waals surface area contributed by atoms with Crippen LogP contribution in [0, 0.1) is 46.5 Å². The standard InChI is InChI=1S/C60H34F8N4/c61-51-49(52(62)56(66)59(55(51)65)69-37-25-19-33(20-26-37)35-23-29-47-43(31-35)41-15-7-9-17-45(41)71(47)39-11-3-1-4-12-39)50-53(63)57(67)60(58(68)54(50)64)70-38-27-21-34(22-28-38)36-24-30-48-44(32-36)42-16-8-10-18-46(42)72(48)40-13-5-2-6-14-40/h1-32,69-70H. The lowest BCUT2D eigenvalue weighted by Crippen LogP contribution is -2.11. The van der Waals surface area contributed by atoms with E-state index in [2.05, 4.69) is 19.8 Å². The third kappa shape index (κ3) is 7.13. The van der Waals surface area contributed by atoms with Crippen LogP contribution in [0.4, 0.5) is 57.9 Å². The van der Waals surface area contributed by atoms with Crippen molar-refractivity contribution in [3.05, 3.63) is 241 Å². The predicted molar refractivity (Wildman–Crippen MR) is 271 cm³/mol. The number of aromatic nitrogens is 2. The molecule has 0 saturated carbocycles. The fourth-order valence-electron chi connectivity index (χ4n) is 9.72. The molecule has 0 fully saturated rings. The highest BCUT2D eigenvalue weighted by Crippen LogP contribution is 2.43. The Morgan fingerprint density at radius 1 is 0.264 bits per heavy atom. The van der Waals surface area contributed by atoms with Gasteiger partial charge in [0.1, 0.15) is 11.4 Å². The van der Waals surface area contributed by atoms with Crippen LogP contribution in [-0.2, 0) is 0 Å². The number of halogens is 8. The fraction of sp³-hybridized carbons (Fsp3) is 0. The molecule has 72 heavy (non-hydrogen) atoms. The second kappa shape index (κ2) is 17.4. The minimum absolute atomic E-state index is 0.00371. The zero-order valence-corrected chi connectivity index (χ0v) is 37.4. The molecule has 12 heteroatoms. The zero-order valence-electron chi connectivity index (χ0n) is 37.4. The number of fused-ring (bicyclic) bond motifs is 6. The van der Waals surface area contributed by atoms with Crippen molar-refractivity contribution in [3.63, 3.8) is 0 Å². The summed E-state index contributed by atoms with van der Waals surface area (Å²) in [5, 5.41) is 8.59. The van der Waals surface area contributed by atoms with Gasteiger partial charge in [0.2, 0.25) is 0 Å². The largest absolute Gasteiger partial charge is 0.351 e. The quantitative estimate of drug-likeness (QED) is 0.112. The van der Waals surface area contributed by atoms with Crippen LogP contribution >= 0.6 is 0 Å². The first kappa shape index (κ1) is 44.1. The Kier molecular flexibility index (Phi) is 10.6. The number of nitrogens with one attached hydrogen (secondary N) is 2. The number of rotatable bonds is 9. The second-order valence-corrected chi connectivity index (χ2v) is 17.3. The molecular formula is C60H34F8N4. The molecule has 0 aliphatic heterocycles. The van der Waals surface area contributed by atoms with Gasteiger partial charge in [-0.25, -0.2) is 35.1 Å². The minimum Gasteiger partial charge on any atom is -0.351 e. The lowest BCUT2D eigenvalue weighted by atomic mass is 9.99. The van der Waals surface area contributed by atoms with Gasteiger partial charge in [0, 0.05) is 44.3 Å². The second-order valence-electron chi connectivity index (χ2n) is 17.3. The molecule has 0 bridgehead atoms. The Morgan fingerprint density at radius 3 is 0.931 bits per heavy atom. The van der Waals surface area contributed by atoms with Gasteiger partial charge in [-0.15, -0.1) is 0 Å². The topological polar surface area (TPSA) is 33.9 Å². The molecule has 12 rings (SSSR count). The molecule has 12 aromatic rings. The van der Waals surface area contributed by atoms with Gasteiger partial charge in [0.15, 0.2) is 46.5 Å². The van der Waals surface area contributed by atoms with Crippen LogP contribution in [0.2, 0.25) is 0 Å². The number of anilines is 4. The van der Waals surface area contributed by atoms with Crippen LogP contribution < -0.4 is 10.6 Å². The minimum atomic E-state index is -2.29. The lowest BCUT2D eigenvalue weighted by Gasteiger charge is -2.17. The zero-order chi connectivity index (χ0) is 49.4. The number of hydrogen-bond acceptors (Lipinski definition) is 2. The summed E-state index contributed by atoms with van der Waals surface area (Å²) in [4.78, 5) is 0. The van der Waals surface area contributed by atoms with Crippen LogP contribution in [0.3, 0.4) is 0 Å². The first-order chi connectivity index (χ1) is 35.0. The van der Waals surface area contributed by atoms with Crippen LogP contribution in [0.25, 0.3) is 88.4 Å². The Hall–Kier alpha value is -9.16. The molecule has 0 unspecified atom stereocenters. The molecule has 0 amide bonds. The molecule has 0 spiro atoms. The Balaban J connectivity index is 0.806.